The number of rotatable bonds is 4. The molecule has 1 saturated heterocycles. The Hall–Kier alpha value is -0.970. The van der Waals surface area contributed by atoms with Gasteiger partial charge in [0.05, 0.1) is 6.54 Å². The monoisotopic (exact) mass is 319 g/mol. The van der Waals surface area contributed by atoms with Crippen molar-refractivity contribution in [1.29, 1.82) is 0 Å². The smallest absolute Gasteiger partial charge is 0.236 e. The molecule has 0 radical (unpaired) electrons. The summed E-state index contributed by atoms with van der Waals surface area (Å²) in [6, 6.07) is 8.31. The van der Waals surface area contributed by atoms with Gasteiger partial charge in [0.1, 0.15) is 0 Å². The summed E-state index contributed by atoms with van der Waals surface area (Å²) in [5.41, 5.74) is 7.84. The minimum atomic E-state index is -0.0220. The number of halogens is 2. The van der Waals surface area contributed by atoms with Crippen LogP contribution in [0, 0.1) is 0 Å². The molecule has 0 aromatic heterocycles. The first kappa shape index (κ1) is 19.0. The van der Waals surface area contributed by atoms with Gasteiger partial charge in [0, 0.05) is 32.4 Å². The van der Waals surface area contributed by atoms with Crippen molar-refractivity contribution in [1.82, 2.24) is 4.90 Å². The summed E-state index contributed by atoms with van der Waals surface area (Å²) in [4.78, 5) is 15.6. The molecular formula is C14H23Cl2N3O. The van der Waals surface area contributed by atoms with E-state index in [-0.39, 0.29) is 37.3 Å². The molecule has 2 N–H and O–H groups in total. The SMILES string of the molecule is CN(Cc1ccccc1N1CCCC1)C(=O)CN.Cl.Cl. The number of nitrogens with zero attached hydrogens (tertiary/aromatic N) is 2. The zero-order valence-corrected chi connectivity index (χ0v) is 13.4. The number of hydrogen-bond donors (Lipinski definition) is 1. The summed E-state index contributed by atoms with van der Waals surface area (Å²) in [5.74, 6) is -0.0220. The third-order valence-electron chi connectivity index (χ3n) is 3.45. The molecule has 2 rings (SSSR count). The molecule has 6 heteroatoms. The van der Waals surface area contributed by atoms with Gasteiger partial charge in [-0.15, -0.1) is 24.8 Å². The van der Waals surface area contributed by atoms with Crippen molar-refractivity contribution in [3.8, 4) is 0 Å². The largest absolute Gasteiger partial charge is 0.371 e. The maximum absolute atomic E-state index is 11.5. The lowest BCUT2D eigenvalue weighted by molar-refractivity contribution is -0.128. The van der Waals surface area contributed by atoms with Crippen molar-refractivity contribution in [2.24, 2.45) is 5.73 Å². The maximum atomic E-state index is 11.5. The number of carbonyl (C=O) groups is 1. The van der Waals surface area contributed by atoms with Gasteiger partial charge in [-0.25, -0.2) is 0 Å². The highest BCUT2D eigenvalue weighted by Gasteiger charge is 2.16. The number of nitrogens with two attached hydrogens (primary N) is 1. The van der Waals surface area contributed by atoms with E-state index < -0.39 is 0 Å². The fourth-order valence-electron chi connectivity index (χ4n) is 2.41. The van der Waals surface area contributed by atoms with Crippen LogP contribution in [0.4, 0.5) is 5.69 Å². The second-order valence-corrected chi connectivity index (χ2v) is 4.78. The normalized spacial score (nSPS) is 13.4. The van der Waals surface area contributed by atoms with E-state index in [0.29, 0.717) is 6.54 Å². The van der Waals surface area contributed by atoms with Crippen LogP contribution in [0.25, 0.3) is 0 Å². The van der Waals surface area contributed by atoms with Crippen molar-refractivity contribution in [2.45, 2.75) is 19.4 Å². The van der Waals surface area contributed by atoms with E-state index in [9.17, 15) is 4.79 Å². The van der Waals surface area contributed by atoms with E-state index >= 15 is 0 Å². The molecule has 0 bridgehead atoms. The third kappa shape index (κ3) is 4.54. The predicted molar refractivity (Wildman–Crippen MR) is 87.9 cm³/mol. The Bertz CT molecular complexity index is 423. The van der Waals surface area contributed by atoms with Crippen LogP contribution in [0.3, 0.4) is 0 Å². The van der Waals surface area contributed by atoms with Gasteiger partial charge in [-0.3, -0.25) is 4.79 Å². The Labute approximate surface area is 133 Å². The quantitative estimate of drug-likeness (QED) is 0.924. The fourth-order valence-corrected chi connectivity index (χ4v) is 2.41. The average molecular weight is 320 g/mol. The molecule has 1 aromatic rings. The predicted octanol–water partition coefficient (Wildman–Crippen LogP) is 2.05. The zero-order chi connectivity index (χ0) is 13.0. The summed E-state index contributed by atoms with van der Waals surface area (Å²) in [6.07, 6.45) is 2.51. The number of hydrogen-bond acceptors (Lipinski definition) is 3. The Balaban J connectivity index is 0.00000180. The molecule has 0 saturated carbocycles. The summed E-state index contributed by atoms with van der Waals surface area (Å²) in [7, 11) is 1.80. The average Bonchev–Trinajstić information content (AvgIpc) is 2.92. The van der Waals surface area contributed by atoms with E-state index in [1.807, 2.05) is 6.07 Å². The lowest BCUT2D eigenvalue weighted by Crippen LogP contribution is -2.32. The van der Waals surface area contributed by atoms with Gasteiger partial charge in [0.25, 0.3) is 0 Å². The van der Waals surface area contributed by atoms with Crippen molar-refractivity contribution in [3.05, 3.63) is 29.8 Å². The molecule has 20 heavy (non-hydrogen) atoms. The number of benzene rings is 1. The van der Waals surface area contributed by atoms with Gasteiger partial charge in [-0.2, -0.15) is 0 Å². The molecule has 114 valence electrons. The van der Waals surface area contributed by atoms with Crippen LogP contribution in [0.2, 0.25) is 0 Å². The van der Waals surface area contributed by atoms with Crippen molar-refractivity contribution in [3.63, 3.8) is 0 Å². The van der Waals surface area contributed by atoms with Gasteiger partial charge in [-0.1, -0.05) is 18.2 Å². The molecule has 0 aliphatic carbocycles. The first-order chi connectivity index (χ1) is 8.72. The van der Waals surface area contributed by atoms with Crippen LogP contribution in [-0.2, 0) is 11.3 Å². The molecule has 1 aliphatic rings. The first-order valence-corrected chi connectivity index (χ1v) is 6.49. The molecule has 1 amide bonds. The summed E-state index contributed by atoms with van der Waals surface area (Å²) in [6.45, 7) is 2.93. The minimum Gasteiger partial charge on any atom is -0.371 e. The van der Waals surface area contributed by atoms with E-state index in [1.165, 1.54) is 24.1 Å². The molecule has 0 spiro atoms. The molecule has 0 atom stereocenters. The maximum Gasteiger partial charge on any atom is 0.236 e. The van der Waals surface area contributed by atoms with Crippen LogP contribution < -0.4 is 10.6 Å². The number of carbonyl (C=O) groups excluding carboxylic acids is 1. The fraction of sp³-hybridized carbons (Fsp3) is 0.500. The molecule has 1 aromatic carbocycles. The van der Waals surface area contributed by atoms with E-state index in [0.717, 1.165) is 13.1 Å². The lowest BCUT2D eigenvalue weighted by Gasteiger charge is -2.24. The van der Waals surface area contributed by atoms with Crippen LogP contribution >= 0.6 is 24.8 Å². The van der Waals surface area contributed by atoms with Gasteiger partial charge in [0.2, 0.25) is 5.91 Å². The first-order valence-electron chi connectivity index (χ1n) is 6.49. The van der Waals surface area contributed by atoms with Crippen LogP contribution in [0.5, 0.6) is 0 Å². The van der Waals surface area contributed by atoms with Gasteiger partial charge >= 0.3 is 0 Å². The van der Waals surface area contributed by atoms with E-state index in [2.05, 4.69) is 23.1 Å². The molecule has 1 heterocycles. The highest BCUT2D eigenvalue weighted by atomic mass is 35.5. The zero-order valence-electron chi connectivity index (χ0n) is 11.7. The lowest BCUT2D eigenvalue weighted by atomic mass is 10.1. The highest BCUT2D eigenvalue weighted by Crippen LogP contribution is 2.25. The summed E-state index contributed by atoms with van der Waals surface area (Å²) in [5, 5.41) is 0. The highest BCUT2D eigenvalue weighted by molar-refractivity contribution is 5.85. The van der Waals surface area contributed by atoms with E-state index in [1.54, 1.807) is 11.9 Å². The third-order valence-corrected chi connectivity index (χ3v) is 3.45. The summed E-state index contributed by atoms with van der Waals surface area (Å²) < 4.78 is 0. The Kier molecular flexibility index (Phi) is 8.62. The number of likely N-dealkylation sites (N-methyl/N-ethyl adjacent to an activating group) is 1. The summed E-state index contributed by atoms with van der Waals surface area (Å²) >= 11 is 0. The van der Waals surface area contributed by atoms with E-state index in [4.69, 9.17) is 5.73 Å². The van der Waals surface area contributed by atoms with Crippen LogP contribution in [0.15, 0.2) is 24.3 Å². The molecule has 0 unspecified atom stereocenters. The molecule has 4 nitrogen and oxygen atoms in total. The van der Waals surface area contributed by atoms with Gasteiger partial charge < -0.3 is 15.5 Å². The number of para-hydroxylation sites is 1. The second kappa shape index (κ2) is 9.06. The second-order valence-electron chi connectivity index (χ2n) is 4.78. The molecular weight excluding hydrogens is 297 g/mol. The number of amides is 1. The van der Waals surface area contributed by atoms with Crippen LogP contribution in [-0.4, -0.2) is 37.5 Å². The Morgan fingerprint density at radius 2 is 1.85 bits per heavy atom. The van der Waals surface area contributed by atoms with Crippen molar-refractivity contribution >= 4 is 36.4 Å². The minimum absolute atomic E-state index is 0. The van der Waals surface area contributed by atoms with Crippen molar-refractivity contribution < 1.29 is 4.79 Å². The molecule has 1 fully saturated rings. The van der Waals surface area contributed by atoms with Gasteiger partial charge in [-0.05, 0) is 24.5 Å². The Morgan fingerprint density at radius 3 is 2.45 bits per heavy atom. The van der Waals surface area contributed by atoms with Crippen LogP contribution in [0.1, 0.15) is 18.4 Å². The van der Waals surface area contributed by atoms with Gasteiger partial charge in [0.15, 0.2) is 0 Å². The topological polar surface area (TPSA) is 49.6 Å². The standard InChI is InChI=1S/C14H21N3O.2ClH/c1-16(14(18)10-15)11-12-6-2-3-7-13(12)17-8-4-5-9-17;;/h2-3,6-7H,4-5,8-11,15H2,1H3;2*1H. The number of anilines is 1. The van der Waals surface area contributed by atoms with Crippen molar-refractivity contribution in [2.75, 3.05) is 31.6 Å². The molecule has 1 aliphatic heterocycles. The Morgan fingerprint density at radius 1 is 1.25 bits per heavy atom.